The van der Waals surface area contributed by atoms with Gasteiger partial charge in [-0.15, -0.1) is 0 Å². The van der Waals surface area contributed by atoms with Crippen molar-refractivity contribution < 1.29 is 18.7 Å². The number of benzene rings is 2. The Balaban J connectivity index is 1.20. The molecular formula is C30H40N4O4S. The normalized spacial score (nSPS) is 14.8. The van der Waals surface area contributed by atoms with Gasteiger partial charge in [-0.1, -0.05) is 63.7 Å². The number of carbonyl (C=O) groups is 2. The number of anilines is 1. The zero-order valence-electron chi connectivity index (χ0n) is 23.7. The third kappa shape index (κ3) is 7.41. The summed E-state index contributed by atoms with van der Waals surface area (Å²) in [5.74, 6) is 1.21. The second-order valence-corrected chi connectivity index (χ2v) is 11.7. The molecule has 0 bridgehead atoms. The lowest BCUT2D eigenvalue weighted by molar-refractivity contribution is -0.117. The Bertz CT molecular complexity index is 1250. The highest BCUT2D eigenvalue weighted by atomic mass is 32.2. The largest absolute Gasteiger partial charge is 0.465 e. The van der Waals surface area contributed by atoms with E-state index in [9.17, 15) is 9.59 Å². The first-order valence-electron chi connectivity index (χ1n) is 13.7. The predicted octanol–water partition coefficient (Wildman–Crippen LogP) is 5.60. The van der Waals surface area contributed by atoms with Crippen molar-refractivity contribution in [2.75, 3.05) is 57.4 Å². The maximum absolute atomic E-state index is 13.0. The average molecular weight is 553 g/mol. The van der Waals surface area contributed by atoms with Gasteiger partial charge >= 0.3 is 5.97 Å². The number of methoxy groups -OCH3 is 1. The molecule has 0 unspecified atom stereocenters. The summed E-state index contributed by atoms with van der Waals surface area (Å²) in [7, 11) is 1.36. The van der Waals surface area contributed by atoms with Crippen molar-refractivity contribution in [2.24, 2.45) is 0 Å². The van der Waals surface area contributed by atoms with Crippen LogP contribution >= 0.6 is 11.8 Å². The Morgan fingerprint density at radius 3 is 2.28 bits per heavy atom. The highest BCUT2D eigenvalue weighted by molar-refractivity contribution is 7.99. The van der Waals surface area contributed by atoms with Crippen LogP contribution in [0.5, 0.6) is 0 Å². The number of nitrogens with one attached hydrogen (secondary N) is 1. The molecule has 1 saturated heterocycles. The van der Waals surface area contributed by atoms with E-state index in [1.165, 1.54) is 18.2 Å². The molecule has 0 atom stereocenters. The molecule has 0 saturated carbocycles. The fourth-order valence-electron chi connectivity index (χ4n) is 4.96. The molecule has 1 fully saturated rings. The van der Waals surface area contributed by atoms with Crippen molar-refractivity contribution in [1.29, 1.82) is 0 Å². The predicted molar refractivity (Wildman–Crippen MR) is 157 cm³/mol. The summed E-state index contributed by atoms with van der Waals surface area (Å²) in [5.41, 5.74) is 4.93. The maximum Gasteiger partial charge on any atom is 0.340 e. The molecule has 0 spiro atoms. The fourth-order valence-corrected chi connectivity index (χ4v) is 5.71. The molecule has 1 amide bonds. The fraction of sp³-hybridized carbons (Fsp3) is 0.500. The molecular weight excluding hydrogens is 512 g/mol. The van der Waals surface area contributed by atoms with Crippen molar-refractivity contribution >= 4 is 40.4 Å². The van der Waals surface area contributed by atoms with Crippen molar-refractivity contribution in [3.63, 3.8) is 0 Å². The number of aromatic nitrogens is 1. The van der Waals surface area contributed by atoms with Crippen LogP contribution in [0.1, 0.15) is 67.4 Å². The van der Waals surface area contributed by atoms with Crippen molar-refractivity contribution in [2.45, 2.75) is 51.2 Å². The van der Waals surface area contributed by atoms with Crippen molar-refractivity contribution in [3.8, 4) is 0 Å². The van der Waals surface area contributed by atoms with Gasteiger partial charge in [-0.05, 0) is 48.1 Å². The topological polar surface area (TPSA) is 87.9 Å². The second-order valence-electron chi connectivity index (χ2n) is 10.6. The van der Waals surface area contributed by atoms with E-state index in [0.29, 0.717) is 40.3 Å². The zero-order chi connectivity index (χ0) is 27.9. The van der Waals surface area contributed by atoms with E-state index in [0.717, 1.165) is 50.6 Å². The SMILES string of the molecule is COC(=O)c1cccc2oc(SCCCN3CCN(CC(=O)Nc4c(C(C)C)cccc4C(C)C)CC3)nc12. The summed E-state index contributed by atoms with van der Waals surface area (Å²) in [5, 5.41) is 3.81. The number of piperazine rings is 1. The number of esters is 1. The molecule has 1 aromatic heterocycles. The van der Waals surface area contributed by atoms with E-state index >= 15 is 0 Å². The van der Waals surface area contributed by atoms with Crippen LogP contribution in [0, 0.1) is 0 Å². The molecule has 9 heteroatoms. The van der Waals surface area contributed by atoms with Gasteiger partial charge in [0.1, 0.15) is 5.52 Å². The Kier molecular flexibility index (Phi) is 10.0. The van der Waals surface area contributed by atoms with E-state index < -0.39 is 5.97 Å². The molecule has 39 heavy (non-hydrogen) atoms. The van der Waals surface area contributed by atoms with E-state index in [1.54, 1.807) is 23.9 Å². The van der Waals surface area contributed by atoms with Crippen LogP contribution in [0.4, 0.5) is 5.69 Å². The number of hydrogen-bond donors (Lipinski definition) is 1. The lowest BCUT2D eigenvalue weighted by Gasteiger charge is -2.34. The first-order valence-corrected chi connectivity index (χ1v) is 14.7. The first kappa shape index (κ1) is 29.1. The van der Waals surface area contributed by atoms with Gasteiger partial charge in [0.2, 0.25) is 5.91 Å². The lowest BCUT2D eigenvalue weighted by Crippen LogP contribution is -2.48. The highest BCUT2D eigenvalue weighted by Gasteiger charge is 2.21. The zero-order valence-corrected chi connectivity index (χ0v) is 24.5. The molecule has 1 aliphatic rings. The third-order valence-electron chi connectivity index (χ3n) is 7.12. The molecule has 4 rings (SSSR count). The van der Waals surface area contributed by atoms with Gasteiger partial charge in [-0.25, -0.2) is 9.78 Å². The first-order chi connectivity index (χ1) is 18.8. The van der Waals surface area contributed by atoms with Crippen LogP contribution in [-0.4, -0.2) is 78.8 Å². The number of hydrogen-bond acceptors (Lipinski definition) is 8. The number of nitrogens with zero attached hydrogens (tertiary/aromatic N) is 3. The number of carbonyl (C=O) groups excluding carboxylic acids is 2. The summed E-state index contributed by atoms with van der Waals surface area (Å²) < 4.78 is 10.7. The second kappa shape index (κ2) is 13.5. The van der Waals surface area contributed by atoms with E-state index in [2.05, 4.69) is 66.0 Å². The minimum absolute atomic E-state index is 0.0588. The smallest absolute Gasteiger partial charge is 0.340 e. The van der Waals surface area contributed by atoms with Crippen LogP contribution in [0.15, 0.2) is 46.0 Å². The summed E-state index contributed by atoms with van der Waals surface area (Å²) in [6.45, 7) is 13.7. The number of para-hydroxylation sites is 2. The number of ether oxygens (including phenoxy) is 1. The Morgan fingerprint density at radius 1 is 1.00 bits per heavy atom. The standard InChI is InChI=1S/C30H40N4O4S/c1-20(2)22-9-6-10-23(21(3)4)27(22)31-26(35)19-34-16-14-33(15-17-34)13-8-18-39-30-32-28-24(29(36)37-5)11-7-12-25(28)38-30/h6-7,9-12,20-21H,8,13-19H2,1-5H3,(H,31,35). The molecule has 1 aliphatic heterocycles. The summed E-state index contributed by atoms with van der Waals surface area (Å²) >= 11 is 1.56. The van der Waals surface area contributed by atoms with Gasteiger partial charge in [-0.3, -0.25) is 9.69 Å². The van der Waals surface area contributed by atoms with E-state index in [-0.39, 0.29) is 5.91 Å². The van der Waals surface area contributed by atoms with Crippen LogP contribution in [0.25, 0.3) is 11.1 Å². The van der Waals surface area contributed by atoms with E-state index in [1.807, 2.05) is 6.07 Å². The maximum atomic E-state index is 13.0. The quantitative estimate of drug-likeness (QED) is 0.187. The van der Waals surface area contributed by atoms with Gasteiger partial charge in [0.05, 0.1) is 19.2 Å². The van der Waals surface area contributed by atoms with Gasteiger partial charge in [0.25, 0.3) is 5.22 Å². The van der Waals surface area contributed by atoms with Gasteiger partial charge in [0, 0.05) is 37.6 Å². The number of amides is 1. The number of rotatable bonds is 11. The van der Waals surface area contributed by atoms with Crippen molar-refractivity contribution in [3.05, 3.63) is 53.1 Å². The monoisotopic (exact) mass is 552 g/mol. The van der Waals surface area contributed by atoms with Crippen molar-refractivity contribution in [1.82, 2.24) is 14.8 Å². The van der Waals surface area contributed by atoms with Crippen LogP contribution in [0.2, 0.25) is 0 Å². The van der Waals surface area contributed by atoms with E-state index in [4.69, 9.17) is 9.15 Å². The molecule has 8 nitrogen and oxygen atoms in total. The van der Waals surface area contributed by atoms with Gasteiger partial charge in [-0.2, -0.15) is 0 Å². The number of fused-ring (bicyclic) bond motifs is 1. The molecule has 0 radical (unpaired) electrons. The lowest BCUT2D eigenvalue weighted by atomic mass is 9.92. The molecule has 3 aromatic rings. The Morgan fingerprint density at radius 2 is 1.64 bits per heavy atom. The van der Waals surface area contributed by atoms with Gasteiger partial charge in [0.15, 0.2) is 5.58 Å². The highest BCUT2D eigenvalue weighted by Crippen LogP contribution is 2.32. The Labute approximate surface area is 235 Å². The number of thioether (sulfide) groups is 1. The Hall–Kier alpha value is -2.88. The molecule has 210 valence electrons. The average Bonchev–Trinajstić information content (AvgIpc) is 3.34. The molecule has 2 heterocycles. The summed E-state index contributed by atoms with van der Waals surface area (Å²) in [6, 6.07) is 11.6. The van der Waals surface area contributed by atoms with Crippen LogP contribution in [0.3, 0.4) is 0 Å². The van der Waals surface area contributed by atoms with Gasteiger partial charge < -0.3 is 19.4 Å². The van der Waals surface area contributed by atoms with Crippen LogP contribution < -0.4 is 5.32 Å². The molecule has 1 N–H and O–H groups in total. The summed E-state index contributed by atoms with van der Waals surface area (Å²) in [6.07, 6.45) is 0.998. The minimum atomic E-state index is -0.414. The van der Waals surface area contributed by atoms with Crippen LogP contribution in [-0.2, 0) is 9.53 Å². The molecule has 2 aromatic carbocycles. The summed E-state index contributed by atoms with van der Waals surface area (Å²) in [4.78, 5) is 34.1. The third-order valence-corrected chi connectivity index (χ3v) is 8.03. The molecule has 0 aliphatic carbocycles. The minimum Gasteiger partial charge on any atom is -0.465 e. The number of oxazole rings is 1.